The Bertz CT molecular complexity index is 598. The van der Waals surface area contributed by atoms with Crippen LogP contribution in [0.5, 0.6) is 0 Å². The van der Waals surface area contributed by atoms with Gasteiger partial charge in [-0.3, -0.25) is 4.79 Å². The first-order chi connectivity index (χ1) is 14.6. The Morgan fingerprint density at radius 1 is 1.37 bits per heavy atom. The SMILES string of the molecule is CCCCC[C@H](O)C=C[C@@H]1[C@H]2CC(CCOCC(=O)N3CCOCC3)=C[C@H]2C[C@H]1O. The molecule has 170 valence electrons. The van der Waals surface area contributed by atoms with Crippen molar-refractivity contribution in [1.29, 1.82) is 0 Å². The number of unbranched alkanes of at least 4 members (excludes halogenated alkanes) is 2. The van der Waals surface area contributed by atoms with Gasteiger partial charge in [0.2, 0.25) is 5.91 Å². The van der Waals surface area contributed by atoms with E-state index >= 15 is 0 Å². The molecule has 2 aliphatic carbocycles. The molecule has 0 aromatic rings. The number of carbonyl (C=O) groups excluding carboxylic acids is 1. The van der Waals surface area contributed by atoms with Crippen molar-refractivity contribution in [2.24, 2.45) is 17.8 Å². The number of carbonyl (C=O) groups is 1. The van der Waals surface area contributed by atoms with Crippen molar-refractivity contribution in [2.75, 3.05) is 39.5 Å². The summed E-state index contributed by atoms with van der Waals surface area (Å²) in [6.07, 6.45) is 12.3. The normalized spacial score (nSPS) is 30.0. The summed E-state index contributed by atoms with van der Waals surface area (Å²) < 4.78 is 10.9. The summed E-state index contributed by atoms with van der Waals surface area (Å²) in [5.41, 5.74) is 1.37. The molecule has 30 heavy (non-hydrogen) atoms. The topological polar surface area (TPSA) is 79.2 Å². The lowest BCUT2D eigenvalue weighted by molar-refractivity contribution is -0.140. The number of ether oxygens (including phenoxy) is 2. The number of hydrogen-bond acceptors (Lipinski definition) is 5. The number of rotatable bonds is 11. The van der Waals surface area contributed by atoms with Crippen LogP contribution in [0.3, 0.4) is 0 Å². The van der Waals surface area contributed by atoms with Crippen LogP contribution < -0.4 is 0 Å². The fourth-order valence-corrected chi connectivity index (χ4v) is 5.01. The Hall–Kier alpha value is -1.21. The Kier molecular flexibility index (Phi) is 9.37. The quantitative estimate of drug-likeness (QED) is 0.396. The van der Waals surface area contributed by atoms with Crippen molar-refractivity contribution < 1.29 is 24.5 Å². The molecular weight excluding hydrogens is 382 g/mol. The molecule has 0 radical (unpaired) electrons. The summed E-state index contributed by atoms with van der Waals surface area (Å²) in [6, 6.07) is 0. The zero-order valence-electron chi connectivity index (χ0n) is 18.4. The van der Waals surface area contributed by atoms with Gasteiger partial charge in [-0.1, -0.05) is 50.0 Å². The van der Waals surface area contributed by atoms with E-state index in [0.29, 0.717) is 44.7 Å². The molecular formula is C24H39NO5. The third kappa shape index (κ3) is 6.64. The molecule has 0 spiro atoms. The van der Waals surface area contributed by atoms with E-state index in [2.05, 4.69) is 19.1 Å². The van der Waals surface area contributed by atoms with Gasteiger partial charge in [-0.2, -0.15) is 0 Å². The predicted octanol–water partition coefficient (Wildman–Crippen LogP) is 2.69. The highest BCUT2D eigenvalue weighted by atomic mass is 16.5. The van der Waals surface area contributed by atoms with E-state index in [-0.39, 0.29) is 24.5 Å². The third-order valence-corrected chi connectivity index (χ3v) is 6.77. The lowest BCUT2D eigenvalue weighted by Gasteiger charge is -2.26. The maximum atomic E-state index is 12.1. The zero-order chi connectivity index (χ0) is 21.3. The van der Waals surface area contributed by atoms with E-state index in [0.717, 1.165) is 44.9 Å². The second-order valence-corrected chi connectivity index (χ2v) is 8.98. The average Bonchev–Trinajstić information content (AvgIpc) is 3.26. The highest BCUT2D eigenvalue weighted by Gasteiger charge is 2.43. The number of aliphatic hydroxyl groups is 2. The van der Waals surface area contributed by atoms with Crippen LogP contribution in [0.1, 0.15) is 51.9 Å². The first-order valence-corrected chi connectivity index (χ1v) is 11.8. The van der Waals surface area contributed by atoms with Gasteiger partial charge in [-0.05, 0) is 37.5 Å². The monoisotopic (exact) mass is 421 g/mol. The van der Waals surface area contributed by atoms with Gasteiger partial charge in [-0.15, -0.1) is 0 Å². The van der Waals surface area contributed by atoms with Crippen molar-refractivity contribution >= 4 is 5.91 Å². The van der Waals surface area contributed by atoms with Gasteiger partial charge in [0.25, 0.3) is 0 Å². The molecule has 2 N–H and O–H groups in total. The number of allylic oxidation sites excluding steroid dienone is 1. The fraction of sp³-hybridized carbons (Fsp3) is 0.792. The molecule has 0 aromatic carbocycles. The van der Waals surface area contributed by atoms with Gasteiger partial charge in [0.05, 0.1) is 32.0 Å². The lowest BCUT2D eigenvalue weighted by atomic mass is 9.88. The maximum absolute atomic E-state index is 12.1. The Balaban J connectivity index is 1.37. The molecule has 1 saturated carbocycles. The molecule has 1 amide bonds. The van der Waals surface area contributed by atoms with Crippen molar-refractivity contribution in [1.82, 2.24) is 4.90 Å². The summed E-state index contributed by atoms with van der Waals surface area (Å²) in [6.45, 7) is 5.38. The minimum atomic E-state index is -0.408. The minimum Gasteiger partial charge on any atom is -0.392 e. The molecule has 6 nitrogen and oxygen atoms in total. The Morgan fingerprint density at radius 2 is 2.17 bits per heavy atom. The molecule has 0 unspecified atom stereocenters. The van der Waals surface area contributed by atoms with Crippen LogP contribution in [0.25, 0.3) is 0 Å². The van der Waals surface area contributed by atoms with Gasteiger partial charge < -0.3 is 24.6 Å². The molecule has 3 rings (SSSR count). The van der Waals surface area contributed by atoms with Crippen molar-refractivity contribution in [3.05, 3.63) is 23.8 Å². The first-order valence-electron chi connectivity index (χ1n) is 11.8. The van der Waals surface area contributed by atoms with Crippen LogP contribution in [-0.4, -0.2) is 72.7 Å². The van der Waals surface area contributed by atoms with Crippen LogP contribution in [-0.2, 0) is 14.3 Å². The van der Waals surface area contributed by atoms with Crippen molar-refractivity contribution in [3.8, 4) is 0 Å². The van der Waals surface area contributed by atoms with Gasteiger partial charge in [-0.25, -0.2) is 0 Å². The summed E-state index contributed by atoms with van der Waals surface area (Å²) in [7, 11) is 0. The standard InChI is InChI=1S/C24H39NO5/c1-2-3-4-5-20(26)6-7-21-22-15-18(14-19(22)16-23(21)27)8-11-30-17-24(28)25-9-12-29-13-10-25/h6-7,14,19-23,26-27H,2-5,8-13,15-17H2,1H3/t19-,20-,21+,22-,23+/m0/s1. The minimum absolute atomic E-state index is 0.0430. The highest BCUT2D eigenvalue weighted by Crippen LogP contribution is 2.47. The Labute approximate surface area is 180 Å². The van der Waals surface area contributed by atoms with Gasteiger partial charge in [0.15, 0.2) is 0 Å². The molecule has 1 heterocycles. The van der Waals surface area contributed by atoms with E-state index in [4.69, 9.17) is 9.47 Å². The van der Waals surface area contributed by atoms with Crippen LogP contribution >= 0.6 is 0 Å². The van der Waals surface area contributed by atoms with Crippen LogP contribution in [0.15, 0.2) is 23.8 Å². The molecule has 5 atom stereocenters. The van der Waals surface area contributed by atoms with Crippen molar-refractivity contribution in [2.45, 2.75) is 64.1 Å². The molecule has 2 fully saturated rings. The van der Waals surface area contributed by atoms with Crippen LogP contribution in [0.2, 0.25) is 0 Å². The molecule has 1 aliphatic heterocycles. The molecule has 0 aromatic heterocycles. The number of nitrogens with zero attached hydrogens (tertiary/aromatic N) is 1. The number of fused-ring (bicyclic) bond motifs is 1. The number of amides is 1. The van der Waals surface area contributed by atoms with Crippen molar-refractivity contribution in [3.63, 3.8) is 0 Å². The highest BCUT2D eigenvalue weighted by molar-refractivity contribution is 5.77. The average molecular weight is 422 g/mol. The number of hydrogen-bond donors (Lipinski definition) is 2. The van der Waals surface area contributed by atoms with E-state index < -0.39 is 6.10 Å². The van der Waals surface area contributed by atoms with Crippen LogP contribution in [0.4, 0.5) is 0 Å². The maximum Gasteiger partial charge on any atom is 0.248 e. The molecule has 1 saturated heterocycles. The summed E-state index contributed by atoms with van der Waals surface area (Å²) in [4.78, 5) is 13.9. The summed E-state index contributed by atoms with van der Waals surface area (Å²) in [5.74, 6) is 0.996. The summed E-state index contributed by atoms with van der Waals surface area (Å²) in [5, 5.41) is 20.6. The predicted molar refractivity (Wildman–Crippen MR) is 116 cm³/mol. The number of aliphatic hydroxyl groups excluding tert-OH is 2. The summed E-state index contributed by atoms with van der Waals surface area (Å²) >= 11 is 0. The second-order valence-electron chi connectivity index (χ2n) is 8.98. The Morgan fingerprint density at radius 3 is 2.93 bits per heavy atom. The zero-order valence-corrected chi connectivity index (χ0v) is 18.4. The van der Waals surface area contributed by atoms with Gasteiger partial charge >= 0.3 is 0 Å². The van der Waals surface area contributed by atoms with E-state index in [1.807, 2.05) is 6.08 Å². The molecule has 3 aliphatic rings. The lowest BCUT2D eigenvalue weighted by Crippen LogP contribution is -2.42. The number of morpholine rings is 1. The fourth-order valence-electron chi connectivity index (χ4n) is 5.01. The smallest absolute Gasteiger partial charge is 0.248 e. The molecule has 0 bridgehead atoms. The van der Waals surface area contributed by atoms with E-state index in [1.54, 1.807) is 4.90 Å². The van der Waals surface area contributed by atoms with Gasteiger partial charge in [0, 0.05) is 19.0 Å². The third-order valence-electron chi connectivity index (χ3n) is 6.77. The first kappa shape index (κ1) is 23.5. The molecule has 6 heteroatoms. The second kappa shape index (κ2) is 12.0. The largest absolute Gasteiger partial charge is 0.392 e. The van der Waals surface area contributed by atoms with E-state index in [9.17, 15) is 15.0 Å². The van der Waals surface area contributed by atoms with Crippen LogP contribution in [0, 0.1) is 17.8 Å². The van der Waals surface area contributed by atoms with Gasteiger partial charge in [0.1, 0.15) is 6.61 Å². The van der Waals surface area contributed by atoms with E-state index in [1.165, 1.54) is 5.57 Å².